The van der Waals surface area contributed by atoms with Crippen LogP contribution in [0.25, 0.3) is 0 Å². The van der Waals surface area contributed by atoms with Crippen molar-refractivity contribution < 1.29 is 4.92 Å². The summed E-state index contributed by atoms with van der Waals surface area (Å²) in [6, 6.07) is 0. The highest BCUT2D eigenvalue weighted by atomic mass is 16.6. The van der Waals surface area contributed by atoms with Crippen molar-refractivity contribution in [3.05, 3.63) is 22.0 Å². The number of hydrogen-bond donors (Lipinski definition) is 0. The van der Waals surface area contributed by atoms with E-state index in [4.69, 9.17) is 0 Å². The largest absolute Gasteiger partial charge is 0.434 e. The fraction of sp³-hybridized carbons (Fsp3) is 0.636. The first-order chi connectivity index (χ1) is 8.68. The lowest BCUT2D eigenvalue weighted by Gasteiger charge is -2.14. The summed E-state index contributed by atoms with van der Waals surface area (Å²) >= 11 is 0. The number of rotatable bonds is 3. The van der Waals surface area contributed by atoms with Gasteiger partial charge in [-0.3, -0.25) is 5.01 Å². The Bertz CT molecular complexity index is 446. The second kappa shape index (κ2) is 5.61. The maximum atomic E-state index is 10.7. The molecular formula is C11H17N5O2. The summed E-state index contributed by atoms with van der Waals surface area (Å²) in [5.41, 5.74) is 0.644. The molecule has 1 aromatic heterocycles. The molecule has 1 aromatic rings. The number of hydrazone groups is 1. The third-order valence-electron chi connectivity index (χ3n) is 3.10. The molecule has 1 aliphatic rings. The van der Waals surface area contributed by atoms with Gasteiger partial charge in [-0.15, -0.1) is 0 Å². The van der Waals surface area contributed by atoms with Crippen molar-refractivity contribution in [2.24, 2.45) is 12.1 Å². The molecule has 1 aliphatic heterocycles. The summed E-state index contributed by atoms with van der Waals surface area (Å²) < 4.78 is 1.43. The zero-order valence-corrected chi connectivity index (χ0v) is 10.4. The molecule has 2 rings (SSSR count). The maximum Gasteiger partial charge on any atom is 0.434 e. The first kappa shape index (κ1) is 12.5. The normalized spacial score (nSPS) is 17.1. The maximum absolute atomic E-state index is 10.7. The quantitative estimate of drug-likeness (QED) is 0.464. The summed E-state index contributed by atoms with van der Waals surface area (Å²) in [7, 11) is 1.62. The van der Waals surface area contributed by atoms with Gasteiger partial charge in [-0.2, -0.15) is 5.10 Å². The van der Waals surface area contributed by atoms with Gasteiger partial charge < -0.3 is 10.1 Å². The minimum atomic E-state index is -0.497. The minimum absolute atomic E-state index is 0.160. The molecule has 7 heteroatoms. The Kier molecular flexibility index (Phi) is 3.91. The molecule has 0 bridgehead atoms. The highest BCUT2D eigenvalue weighted by Gasteiger charge is 2.16. The monoisotopic (exact) mass is 251 g/mol. The predicted octanol–water partition coefficient (Wildman–Crippen LogP) is 1.54. The van der Waals surface area contributed by atoms with Crippen LogP contribution in [-0.2, 0) is 7.05 Å². The molecule has 0 amide bonds. The molecule has 2 heterocycles. The summed E-state index contributed by atoms with van der Waals surface area (Å²) in [5.74, 6) is -0.160. The molecule has 0 aliphatic carbocycles. The summed E-state index contributed by atoms with van der Waals surface area (Å²) in [5, 5.41) is 17.0. The molecule has 0 saturated carbocycles. The predicted molar refractivity (Wildman–Crippen MR) is 67.5 cm³/mol. The van der Waals surface area contributed by atoms with Gasteiger partial charge in [-0.05, 0) is 17.8 Å². The average molecular weight is 251 g/mol. The zero-order chi connectivity index (χ0) is 13.0. The van der Waals surface area contributed by atoms with Gasteiger partial charge in [0.1, 0.15) is 6.20 Å². The summed E-state index contributed by atoms with van der Waals surface area (Å²) in [4.78, 5) is 13.9. The first-order valence-electron chi connectivity index (χ1n) is 6.13. The number of nitrogens with zero attached hydrogens (tertiary/aromatic N) is 5. The standard InChI is InChI=1S/C11H17N5O2/c1-14-10(8-12-11(14)16(17)18)9-13-15-6-4-2-3-5-7-15/h8-9H,2-7H2,1H3/b13-9+. The lowest BCUT2D eigenvalue weighted by Crippen LogP contribution is -2.18. The molecule has 0 unspecified atom stereocenters. The van der Waals surface area contributed by atoms with E-state index < -0.39 is 4.92 Å². The third kappa shape index (κ3) is 2.85. The van der Waals surface area contributed by atoms with E-state index >= 15 is 0 Å². The number of hydrogen-bond acceptors (Lipinski definition) is 5. The molecule has 1 fully saturated rings. The van der Waals surface area contributed by atoms with Crippen LogP contribution in [0.15, 0.2) is 11.3 Å². The number of imidazole rings is 1. The molecule has 0 radical (unpaired) electrons. The van der Waals surface area contributed by atoms with E-state index in [1.807, 2.05) is 5.01 Å². The van der Waals surface area contributed by atoms with Crippen molar-refractivity contribution in [1.29, 1.82) is 0 Å². The van der Waals surface area contributed by atoms with Crippen molar-refractivity contribution in [3.63, 3.8) is 0 Å². The summed E-state index contributed by atoms with van der Waals surface area (Å²) in [6.45, 7) is 1.91. The Morgan fingerprint density at radius 1 is 1.39 bits per heavy atom. The molecule has 0 N–H and O–H groups in total. The van der Waals surface area contributed by atoms with E-state index in [9.17, 15) is 10.1 Å². The van der Waals surface area contributed by atoms with E-state index in [0.29, 0.717) is 5.69 Å². The van der Waals surface area contributed by atoms with E-state index in [0.717, 1.165) is 25.9 Å². The zero-order valence-electron chi connectivity index (χ0n) is 10.4. The smallest absolute Gasteiger partial charge is 0.390 e. The Morgan fingerprint density at radius 3 is 2.61 bits per heavy atom. The van der Waals surface area contributed by atoms with Crippen molar-refractivity contribution in [1.82, 2.24) is 14.6 Å². The summed E-state index contributed by atoms with van der Waals surface area (Å²) in [6.07, 6.45) is 7.93. The van der Waals surface area contributed by atoms with Gasteiger partial charge in [0.2, 0.25) is 0 Å². The van der Waals surface area contributed by atoms with Gasteiger partial charge in [-0.25, -0.2) is 4.57 Å². The van der Waals surface area contributed by atoms with Crippen LogP contribution in [0, 0.1) is 10.1 Å². The molecule has 18 heavy (non-hydrogen) atoms. The molecule has 7 nitrogen and oxygen atoms in total. The van der Waals surface area contributed by atoms with Crippen LogP contribution < -0.4 is 0 Å². The third-order valence-corrected chi connectivity index (χ3v) is 3.10. The Hall–Kier alpha value is -1.92. The van der Waals surface area contributed by atoms with Crippen LogP contribution in [-0.4, -0.2) is 38.8 Å². The highest BCUT2D eigenvalue weighted by Crippen LogP contribution is 2.11. The van der Waals surface area contributed by atoms with Crippen LogP contribution in [0.5, 0.6) is 0 Å². The molecule has 0 spiro atoms. The highest BCUT2D eigenvalue weighted by molar-refractivity contribution is 5.77. The number of nitro groups is 1. The van der Waals surface area contributed by atoms with Crippen molar-refractivity contribution >= 4 is 12.2 Å². The topological polar surface area (TPSA) is 76.6 Å². The minimum Gasteiger partial charge on any atom is -0.390 e. The van der Waals surface area contributed by atoms with Crippen molar-refractivity contribution in [2.45, 2.75) is 25.7 Å². The van der Waals surface area contributed by atoms with Gasteiger partial charge in [-0.1, -0.05) is 17.8 Å². The lowest BCUT2D eigenvalue weighted by atomic mass is 10.2. The van der Waals surface area contributed by atoms with Gasteiger partial charge >= 0.3 is 5.95 Å². The Morgan fingerprint density at radius 2 is 2.06 bits per heavy atom. The number of aromatic nitrogens is 2. The van der Waals surface area contributed by atoms with Crippen LogP contribution in [0.2, 0.25) is 0 Å². The Balaban J connectivity index is 2.06. The molecule has 1 saturated heterocycles. The van der Waals surface area contributed by atoms with E-state index in [1.54, 1.807) is 13.3 Å². The molecule has 0 atom stereocenters. The Labute approximate surface area is 105 Å². The molecule has 0 aromatic carbocycles. The van der Waals surface area contributed by atoms with Crippen LogP contribution in [0.1, 0.15) is 31.4 Å². The average Bonchev–Trinajstić information content (AvgIpc) is 2.56. The first-order valence-corrected chi connectivity index (χ1v) is 6.13. The van der Waals surface area contributed by atoms with Crippen LogP contribution >= 0.6 is 0 Å². The fourth-order valence-corrected chi connectivity index (χ4v) is 2.01. The van der Waals surface area contributed by atoms with Crippen LogP contribution in [0.4, 0.5) is 5.95 Å². The van der Waals surface area contributed by atoms with Gasteiger partial charge in [0, 0.05) is 13.1 Å². The second-order valence-corrected chi connectivity index (χ2v) is 4.41. The SMILES string of the molecule is Cn1c(/C=N/N2CCCCCC2)cnc1[N+](=O)[O-]. The van der Waals surface area contributed by atoms with Gasteiger partial charge in [0.25, 0.3) is 0 Å². The van der Waals surface area contributed by atoms with E-state index in [2.05, 4.69) is 10.1 Å². The fourth-order valence-electron chi connectivity index (χ4n) is 2.01. The lowest BCUT2D eigenvalue weighted by molar-refractivity contribution is -0.396. The van der Waals surface area contributed by atoms with E-state index in [1.165, 1.54) is 23.6 Å². The van der Waals surface area contributed by atoms with Gasteiger partial charge in [0.05, 0.1) is 13.3 Å². The second-order valence-electron chi connectivity index (χ2n) is 4.41. The van der Waals surface area contributed by atoms with Crippen LogP contribution in [0.3, 0.4) is 0 Å². The van der Waals surface area contributed by atoms with E-state index in [-0.39, 0.29) is 5.95 Å². The van der Waals surface area contributed by atoms with Crippen molar-refractivity contribution in [2.75, 3.05) is 13.1 Å². The van der Waals surface area contributed by atoms with Gasteiger partial charge in [0.15, 0.2) is 5.69 Å². The van der Waals surface area contributed by atoms with Crippen molar-refractivity contribution in [3.8, 4) is 0 Å². The molecule has 98 valence electrons. The molecular weight excluding hydrogens is 234 g/mol.